The molecule has 30 heavy (non-hydrogen) atoms. The second-order valence-corrected chi connectivity index (χ2v) is 13.5. The SMILES string of the molecule is CCCC[P+](CCCC)(CCCC)CCCC.O=S(=O)([O-])C(F)(F)C(F)C(F)(F)F. The van der Waals surface area contributed by atoms with E-state index in [-0.39, 0.29) is 0 Å². The highest BCUT2D eigenvalue weighted by Crippen LogP contribution is 2.61. The minimum Gasteiger partial charge on any atom is -0.743 e. The van der Waals surface area contributed by atoms with E-state index in [0.717, 1.165) is 0 Å². The first-order valence-electron chi connectivity index (χ1n) is 10.5. The van der Waals surface area contributed by atoms with Crippen LogP contribution < -0.4 is 0 Å². The monoisotopic (exact) mass is 490 g/mol. The number of alkyl halides is 6. The van der Waals surface area contributed by atoms with Gasteiger partial charge in [0.1, 0.15) is 0 Å². The van der Waals surface area contributed by atoms with Gasteiger partial charge in [0.25, 0.3) is 6.17 Å². The molecule has 0 saturated heterocycles. The van der Waals surface area contributed by atoms with Crippen LogP contribution in [0.25, 0.3) is 0 Å². The third kappa shape index (κ3) is 12.1. The Morgan fingerprint density at radius 1 is 0.733 bits per heavy atom. The Balaban J connectivity index is 0. The molecular weight excluding hydrogens is 453 g/mol. The summed E-state index contributed by atoms with van der Waals surface area (Å²) in [4.78, 5) is 0. The van der Waals surface area contributed by atoms with E-state index in [4.69, 9.17) is 0 Å². The summed E-state index contributed by atoms with van der Waals surface area (Å²) in [6.45, 7) is 9.42. The zero-order valence-electron chi connectivity index (χ0n) is 18.4. The van der Waals surface area contributed by atoms with Gasteiger partial charge in [-0.3, -0.25) is 0 Å². The smallest absolute Gasteiger partial charge is 0.426 e. The van der Waals surface area contributed by atoms with Gasteiger partial charge in [-0.25, -0.2) is 12.8 Å². The van der Waals surface area contributed by atoms with E-state index in [0.29, 0.717) is 0 Å². The maximum absolute atomic E-state index is 11.8. The first-order chi connectivity index (χ1) is 13.6. The molecule has 0 aromatic rings. The van der Waals surface area contributed by atoms with Crippen molar-refractivity contribution >= 4 is 17.4 Å². The van der Waals surface area contributed by atoms with Crippen LogP contribution in [0.1, 0.15) is 79.1 Å². The summed E-state index contributed by atoms with van der Waals surface area (Å²) in [6, 6.07) is 0. The van der Waals surface area contributed by atoms with Gasteiger partial charge in [0, 0.05) is 7.26 Å². The van der Waals surface area contributed by atoms with Crippen molar-refractivity contribution in [2.24, 2.45) is 0 Å². The van der Waals surface area contributed by atoms with Crippen molar-refractivity contribution in [3.63, 3.8) is 0 Å². The molecule has 0 radical (unpaired) electrons. The molecule has 0 rings (SSSR count). The van der Waals surface area contributed by atoms with Gasteiger partial charge in [0.2, 0.25) is 0 Å². The van der Waals surface area contributed by atoms with E-state index in [9.17, 15) is 39.3 Å². The average molecular weight is 491 g/mol. The first kappa shape index (κ1) is 32.1. The third-order valence-electron chi connectivity index (χ3n) is 4.86. The minimum absolute atomic E-state index is 0.562. The van der Waals surface area contributed by atoms with Crippen LogP contribution in [0.3, 0.4) is 0 Å². The van der Waals surface area contributed by atoms with Crippen molar-refractivity contribution in [2.75, 3.05) is 24.6 Å². The lowest BCUT2D eigenvalue weighted by atomic mass is 10.4. The highest BCUT2D eigenvalue weighted by Gasteiger charge is 2.61. The predicted molar refractivity (Wildman–Crippen MR) is 112 cm³/mol. The van der Waals surface area contributed by atoms with Crippen molar-refractivity contribution in [2.45, 2.75) is 96.7 Å². The summed E-state index contributed by atoms with van der Waals surface area (Å²) in [5.74, 6) is 0. The van der Waals surface area contributed by atoms with Gasteiger partial charge in [0.15, 0.2) is 10.1 Å². The molecule has 0 aromatic carbocycles. The van der Waals surface area contributed by atoms with Crippen LogP contribution in [-0.2, 0) is 10.1 Å². The van der Waals surface area contributed by atoms with Gasteiger partial charge in [-0.1, -0.05) is 53.4 Å². The largest absolute Gasteiger partial charge is 0.743 e. The lowest BCUT2D eigenvalue weighted by molar-refractivity contribution is -0.223. The Kier molecular flexibility index (Phi) is 15.9. The van der Waals surface area contributed by atoms with Crippen molar-refractivity contribution in [3.05, 3.63) is 0 Å². The maximum atomic E-state index is 11.8. The quantitative estimate of drug-likeness (QED) is 0.147. The normalized spacial score (nSPS) is 14.2. The molecule has 0 aliphatic carbocycles. The summed E-state index contributed by atoms with van der Waals surface area (Å²) < 4.78 is 97.5. The van der Waals surface area contributed by atoms with Crippen LogP contribution in [0.5, 0.6) is 0 Å². The van der Waals surface area contributed by atoms with E-state index < -0.39 is 35.0 Å². The molecule has 0 aliphatic heterocycles. The van der Waals surface area contributed by atoms with Gasteiger partial charge >= 0.3 is 11.4 Å². The van der Waals surface area contributed by atoms with Crippen LogP contribution in [-0.4, -0.2) is 55.2 Å². The fraction of sp³-hybridized carbons (Fsp3) is 1.00. The summed E-state index contributed by atoms with van der Waals surface area (Å²) in [7, 11) is -7.23. The van der Waals surface area contributed by atoms with Gasteiger partial charge in [-0.2, -0.15) is 22.0 Å². The highest BCUT2D eigenvalue weighted by molar-refractivity contribution is 7.86. The zero-order chi connectivity index (χ0) is 24.1. The minimum atomic E-state index is -6.66. The van der Waals surface area contributed by atoms with Crippen LogP contribution >= 0.6 is 7.26 Å². The lowest BCUT2D eigenvalue weighted by Gasteiger charge is -2.28. The number of halogens is 6. The van der Waals surface area contributed by atoms with Crippen LogP contribution in [0, 0.1) is 0 Å². The maximum Gasteiger partial charge on any atom is 0.426 e. The molecule has 0 aliphatic rings. The molecule has 0 aromatic heterocycles. The van der Waals surface area contributed by atoms with Crippen LogP contribution in [0.2, 0.25) is 0 Å². The molecule has 1 unspecified atom stereocenters. The topological polar surface area (TPSA) is 57.2 Å². The highest BCUT2D eigenvalue weighted by atomic mass is 32.2. The predicted octanol–water partition coefficient (Wildman–Crippen LogP) is 7.23. The molecular formula is C19H37F6O3PS. The molecule has 1 atom stereocenters. The molecule has 0 amide bonds. The fourth-order valence-electron chi connectivity index (χ4n) is 2.96. The Morgan fingerprint density at radius 2 is 1.00 bits per heavy atom. The number of rotatable bonds is 14. The second-order valence-electron chi connectivity index (χ2n) is 7.57. The van der Waals surface area contributed by atoms with Crippen LogP contribution in [0.4, 0.5) is 26.3 Å². The molecule has 0 bridgehead atoms. The van der Waals surface area contributed by atoms with Crippen molar-refractivity contribution in [1.82, 2.24) is 0 Å². The van der Waals surface area contributed by atoms with Crippen LogP contribution in [0.15, 0.2) is 0 Å². The second kappa shape index (κ2) is 14.9. The van der Waals surface area contributed by atoms with E-state index in [1.165, 1.54) is 51.4 Å². The van der Waals surface area contributed by atoms with E-state index >= 15 is 0 Å². The van der Waals surface area contributed by atoms with Crippen molar-refractivity contribution in [3.8, 4) is 0 Å². The van der Waals surface area contributed by atoms with Gasteiger partial charge < -0.3 is 4.55 Å². The Hall–Kier alpha value is -0.0800. The molecule has 3 nitrogen and oxygen atoms in total. The van der Waals surface area contributed by atoms with E-state index in [1.54, 1.807) is 24.6 Å². The summed E-state index contributed by atoms with van der Waals surface area (Å²) in [5, 5.41) is -5.99. The Labute approximate surface area is 178 Å². The van der Waals surface area contributed by atoms with Crippen molar-refractivity contribution in [1.29, 1.82) is 0 Å². The van der Waals surface area contributed by atoms with Gasteiger partial charge in [0.05, 0.1) is 24.6 Å². The Morgan fingerprint density at radius 3 is 1.13 bits per heavy atom. The number of unbranched alkanes of at least 4 members (excludes halogenated alkanes) is 4. The summed E-state index contributed by atoms with van der Waals surface area (Å²) >= 11 is 0. The van der Waals surface area contributed by atoms with E-state index in [1.807, 2.05) is 0 Å². The third-order valence-corrected chi connectivity index (χ3v) is 10.8. The molecule has 0 saturated carbocycles. The van der Waals surface area contributed by atoms with Gasteiger partial charge in [-0.15, -0.1) is 0 Å². The van der Waals surface area contributed by atoms with Crippen molar-refractivity contribution < 1.29 is 39.3 Å². The van der Waals surface area contributed by atoms with Gasteiger partial charge in [-0.05, 0) is 25.7 Å². The summed E-state index contributed by atoms with van der Waals surface area (Å²) in [6.07, 6.45) is 6.84. The zero-order valence-corrected chi connectivity index (χ0v) is 20.1. The molecule has 184 valence electrons. The summed E-state index contributed by atoms with van der Waals surface area (Å²) in [5.41, 5.74) is 0. The molecule has 0 heterocycles. The molecule has 0 fully saturated rings. The molecule has 0 spiro atoms. The standard InChI is InChI=1S/C16H36P.C3H2F6O3S/c1-5-9-13-17(14-10-6-2,15-11-7-3)16-12-8-4;4-1(2(5,6)7)3(8,9)13(10,11)12/h5-16H2,1-4H3;1H,(H,10,11,12)/q+1;/p-1. The first-order valence-corrected chi connectivity index (χ1v) is 14.5. The lowest BCUT2D eigenvalue weighted by Crippen LogP contribution is -2.46. The fourth-order valence-corrected chi connectivity index (χ4v) is 8.64. The molecule has 11 heteroatoms. The van der Waals surface area contributed by atoms with E-state index in [2.05, 4.69) is 27.7 Å². The number of hydrogen-bond donors (Lipinski definition) is 0. The molecule has 0 N–H and O–H groups in total. The average Bonchev–Trinajstić information content (AvgIpc) is 2.65. The Bertz CT molecular complexity index is 503. The number of hydrogen-bond acceptors (Lipinski definition) is 3.